The van der Waals surface area contributed by atoms with E-state index in [0.717, 1.165) is 5.82 Å². The van der Waals surface area contributed by atoms with E-state index in [1.807, 2.05) is 11.7 Å². The van der Waals surface area contributed by atoms with Crippen LogP contribution in [-0.4, -0.2) is 10.1 Å². The lowest BCUT2D eigenvalue weighted by Crippen LogP contribution is -2.32. The number of nitrogens with zero attached hydrogens (tertiary/aromatic N) is 2. The van der Waals surface area contributed by atoms with Gasteiger partial charge in [-0.25, -0.2) is 0 Å². The molecule has 0 unspecified atom stereocenters. The Kier molecular flexibility index (Phi) is 2.77. The second kappa shape index (κ2) is 3.99. The third-order valence-corrected chi connectivity index (χ3v) is 3.14. The van der Waals surface area contributed by atoms with Crippen molar-refractivity contribution in [3.05, 3.63) is 35.7 Å². The van der Waals surface area contributed by atoms with Crippen molar-refractivity contribution in [1.29, 1.82) is 0 Å². The Morgan fingerprint density at radius 1 is 1.24 bits per heavy atom. The number of hydrogen-bond acceptors (Lipinski definition) is 1. The van der Waals surface area contributed by atoms with Crippen LogP contribution in [0.25, 0.3) is 11.4 Å². The van der Waals surface area contributed by atoms with Gasteiger partial charge in [0, 0.05) is 0 Å². The maximum absolute atomic E-state index is 4.38. The van der Waals surface area contributed by atoms with E-state index in [-0.39, 0.29) is 5.41 Å². The number of nitrogens with one attached hydrogen (secondary N) is 1. The SMILES string of the molecule is Cc1c(-c2nc[nH][n+]2C)cccc1C(C)(C)C. The molecule has 0 bridgehead atoms. The van der Waals surface area contributed by atoms with Crippen LogP contribution in [0.1, 0.15) is 31.9 Å². The van der Waals surface area contributed by atoms with E-state index >= 15 is 0 Å². The van der Waals surface area contributed by atoms with Gasteiger partial charge in [0.05, 0.1) is 5.56 Å². The Bertz CT molecular complexity index is 533. The fourth-order valence-corrected chi connectivity index (χ4v) is 2.26. The summed E-state index contributed by atoms with van der Waals surface area (Å²) in [5.74, 6) is 0.980. The minimum atomic E-state index is 0.162. The highest BCUT2D eigenvalue weighted by molar-refractivity contribution is 5.60. The molecule has 0 spiro atoms. The summed E-state index contributed by atoms with van der Waals surface area (Å²) in [5.41, 5.74) is 4.04. The van der Waals surface area contributed by atoms with Gasteiger partial charge in [-0.05, 0) is 34.5 Å². The van der Waals surface area contributed by atoms with Gasteiger partial charge in [0.1, 0.15) is 7.05 Å². The second-order valence-electron chi connectivity index (χ2n) is 5.50. The summed E-state index contributed by atoms with van der Waals surface area (Å²) in [6.07, 6.45) is 1.72. The number of H-pyrrole nitrogens is 1. The molecule has 0 radical (unpaired) electrons. The highest BCUT2D eigenvalue weighted by atomic mass is 15.3. The Morgan fingerprint density at radius 2 is 1.94 bits per heavy atom. The summed E-state index contributed by atoms with van der Waals surface area (Å²) in [5, 5.41) is 3.06. The van der Waals surface area contributed by atoms with Crippen molar-refractivity contribution in [3.63, 3.8) is 0 Å². The summed E-state index contributed by atoms with van der Waals surface area (Å²) >= 11 is 0. The van der Waals surface area contributed by atoms with Crippen LogP contribution >= 0.6 is 0 Å². The van der Waals surface area contributed by atoms with Crippen LogP contribution in [0.3, 0.4) is 0 Å². The van der Waals surface area contributed by atoms with E-state index in [1.54, 1.807) is 6.33 Å². The van der Waals surface area contributed by atoms with Gasteiger partial charge in [-0.15, -0.1) is 0 Å². The maximum atomic E-state index is 4.38. The van der Waals surface area contributed by atoms with Gasteiger partial charge in [0.25, 0.3) is 0 Å². The first-order valence-corrected chi connectivity index (χ1v) is 5.91. The van der Waals surface area contributed by atoms with Crippen molar-refractivity contribution < 1.29 is 4.68 Å². The average Bonchev–Trinajstić information content (AvgIpc) is 2.63. The molecular formula is C14H20N3+. The number of aromatic nitrogens is 3. The fraction of sp³-hybridized carbons (Fsp3) is 0.429. The van der Waals surface area contributed by atoms with E-state index in [9.17, 15) is 0 Å². The minimum Gasteiger partial charge on any atom is -0.194 e. The minimum absolute atomic E-state index is 0.162. The molecule has 90 valence electrons. The van der Waals surface area contributed by atoms with E-state index in [1.165, 1.54) is 16.7 Å². The van der Waals surface area contributed by atoms with Gasteiger partial charge in [0.15, 0.2) is 0 Å². The molecule has 0 saturated carbocycles. The molecule has 3 nitrogen and oxygen atoms in total. The Balaban J connectivity index is 2.62. The standard InChI is InChI=1S/C14H19N3/c1-10-11(13-15-9-16-17(13)5)7-6-8-12(10)14(2,3)4/h6-9H,1-5H3/p+1. The monoisotopic (exact) mass is 230 g/mol. The molecule has 3 heteroatoms. The molecule has 2 aromatic rings. The molecule has 2 rings (SSSR count). The van der Waals surface area contributed by atoms with Gasteiger partial charge in [0.2, 0.25) is 6.33 Å². The molecular weight excluding hydrogens is 210 g/mol. The molecule has 1 aromatic heterocycles. The second-order valence-corrected chi connectivity index (χ2v) is 5.50. The van der Waals surface area contributed by atoms with Crippen molar-refractivity contribution in [2.24, 2.45) is 7.05 Å². The van der Waals surface area contributed by atoms with Gasteiger partial charge in [-0.2, -0.15) is 9.78 Å². The number of benzene rings is 1. The highest BCUT2D eigenvalue weighted by Crippen LogP contribution is 2.30. The first kappa shape index (κ1) is 11.8. The molecule has 0 aliphatic rings. The molecule has 0 amide bonds. The van der Waals surface area contributed by atoms with Crippen molar-refractivity contribution >= 4 is 0 Å². The van der Waals surface area contributed by atoms with Crippen LogP contribution in [0, 0.1) is 6.92 Å². The van der Waals surface area contributed by atoms with Crippen molar-refractivity contribution in [1.82, 2.24) is 10.1 Å². The lowest BCUT2D eigenvalue weighted by atomic mass is 9.82. The van der Waals surface area contributed by atoms with Gasteiger partial charge < -0.3 is 0 Å². The topological polar surface area (TPSA) is 32.6 Å². The zero-order chi connectivity index (χ0) is 12.6. The van der Waals surface area contributed by atoms with Crippen LogP contribution in [-0.2, 0) is 12.5 Å². The van der Waals surface area contributed by atoms with E-state index in [0.29, 0.717) is 0 Å². The lowest BCUT2D eigenvalue weighted by Gasteiger charge is -2.22. The molecule has 0 fully saturated rings. The first-order valence-electron chi connectivity index (χ1n) is 5.91. The van der Waals surface area contributed by atoms with E-state index < -0.39 is 0 Å². The molecule has 0 aliphatic heterocycles. The van der Waals surface area contributed by atoms with Crippen LogP contribution in [0.2, 0.25) is 0 Å². The predicted octanol–water partition coefficient (Wildman–Crippen LogP) is 2.51. The van der Waals surface area contributed by atoms with Gasteiger partial charge >= 0.3 is 5.82 Å². The van der Waals surface area contributed by atoms with E-state index in [4.69, 9.17) is 0 Å². The summed E-state index contributed by atoms with van der Waals surface area (Å²) in [6.45, 7) is 8.89. The van der Waals surface area contributed by atoms with Crippen molar-refractivity contribution in [2.45, 2.75) is 33.1 Å². The number of rotatable bonds is 1. The van der Waals surface area contributed by atoms with Crippen LogP contribution in [0.15, 0.2) is 24.5 Å². The van der Waals surface area contributed by atoms with E-state index in [2.05, 4.69) is 56.0 Å². The maximum Gasteiger partial charge on any atom is 0.350 e. The number of hydrogen-bond donors (Lipinski definition) is 1. The fourth-order valence-electron chi connectivity index (χ4n) is 2.26. The Morgan fingerprint density at radius 3 is 2.47 bits per heavy atom. The first-order chi connectivity index (χ1) is 7.91. The Labute approximate surface area is 103 Å². The van der Waals surface area contributed by atoms with Gasteiger partial charge in [-0.3, -0.25) is 0 Å². The van der Waals surface area contributed by atoms with Crippen LogP contribution in [0.4, 0.5) is 0 Å². The van der Waals surface area contributed by atoms with Crippen molar-refractivity contribution in [2.75, 3.05) is 0 Å². The third kappa shape index (κ3) is 2.09. The average molecular weight is 230 g/mol. The normalized spacial score (nSPS) is 11.8. The molecule has 1 aromatic carbocycles. The molecule has 0 atom stereocenters. The largest absolute Gasteiger partial charge is 0.350 e. The quantitative estimate of drug-likeness (QED) is 0.750. The molecule has 0 aliphatic carbocycles. The summed E-state index contributed by atoms with van der Waals surface area (Å²) < 4.78 is 1.94. The molecule has 1 heterocycles. The summed E-state index contributed by atoms with van der Waals surface area (Å²) in [6, 6.07) is 6.43. The third-order valence-electron chi connectivity index (χ3n) is 3.14. The smallest absolute Gasteiger partial charge is 0.194 e. The lowest BCUT2D eigenvalue weighted by molar-refractivity contribution is -0.717. The zero-order valence-corrected chi connectivity index (χ0v) is 11.2. The number of aryl methyl sites for hydroxylation is 1. The summed E-state index contributed by atoms with van der Waals surface area (Å²) in [4.78, 5) is 4.38. The predicted molar refractivity (Wildman–Crippen MR) is 68.6 cm³/mol. The highest BCUT2D eigenvalue weighted by Gasteiger charge is 2.22. The zero-order valence-electron chi connectivity index (χ0n) is 11.2. The molecule has 17 heavy (non-hydrogen) atoms. The molecule has 1 N–H and O–H groups in total. The van der Waals surface area contributed by atoms with Crippen molar-refractivity contribution in [3.8, 4) is 11.4 Å². The summed E-state index contributed by atoms with van der Waals surface area (Å²) in [7, 11) is 1.98. The number of aromatic amines is 1. The van der Waals surface area contributed by atoms with Gasteiger partial charge in [-0.1, -0.05) is 32.9 Å². The molecule has 0 saturated heterocycles. The Hall–Kier alpha value is -1.64. The van der Waals surface area contributed by atoms with Crippen LogP contribution < -0.4 is 4.68 Å². The van der Waals surface area contributed by atoms with Crippen LogP contribution in [0.5, 0.6) is 0 Å².